The summed E-state index contributed by atoms with van der Waals surface area (Å²) in [6.45, 7) is 6.22. The minimum absolute atomic E-state index is 0.00171. The van der Waals surface area contributed by atoms with Gasteiger partial charge < -0.3 is 15.3 Å². The molecule has 1 heterocycles. The molecule has 0 unspecified atom stereocenters. The zero-order valence-corrected chi connectivity index (χ0v) is 17.2. The SMILES string of the molecule is CCCCc1ccc(N2CC(O)=C(C(=O)Nc3ccccc3C(C)C)C2=O)cc1. The number of unbranched alkanes of at least 4 members (excludes halogenated alkanes) is 1. The molecular weight excluding hydrogens is 364 g/mol. The van der Waals surface area contributed by atoms with E-state index < -0.39 is 11.8 Å². The van der Waals surface area contributed by atoms with Gasteiger partial charge in [-0.05, 0) is 48.1 Å². The summed E-state index contributed by atoms with van der Waals surface area (Å²) < 4.78 is 0. The lowest BCUT2D eigenvalue weighted by atomic mass is 10.0. The number of para-hydroxylation sites is 1. The van der Waals surface area contributed by atoms with Gasteiger partial charge in [0.1, 0.15) is 11.3 Å². The summed E-state index contributed by atoms with van der Waals surface area (Å²) >= 11 is 0. The molecule has 0 saturated carbocycles. The van der Waals surface area contributed by atoms with E-state index in [1.54, 1.807) is 6.07 Å². The third-order valence-electron chi connectivity index (χ3n) is 5.18. The Labute approximate surface area is 172 Å². The van der Waals surface area contributed by atoms with Gasteiger partial charge in [0.25, 0.3) is 11.8 Å². The van der Waals surface area contributed by atoms with Gasteiger partial charge in [0.05, 0.1) is 6.54 Å². The number of carbonyl (C=O) groups is 2. The Kier molecular flexibility index (Phi) is 6.37. The van der Waals surface area contributed by atoms with Crippen LogP contribution in [0.4, 0.5) is 11.4 Å². The molecule has 2 amide bonds. The number of benzene rings is 2. The van der Waals surface area contributed by atoms with Gasteiger partial charge in [-0.1, -0.05) is 57.5 Å². The molecule has 29 heavy (non-hydrogen) atoms. The van der Waals surface area contributed by atoms with Crippen molar-refractivity contribution in [3.05, 3.63) is 71.0 Å². The Morgan fingerprint density at radius 1 is 1.14 bits per heavy atom. The highest BCUT2D eigenvalue weighted by molar-refractivity contribution is 6.29. The lowest BCUT2D eigenvalue weighted by molar-refractivity contribution is -0.119. The van der Waals surface area contributed by atoms with Crippen LogP contribution in [0.5, 0.6) is 0 Å². The predicted octanol–water partition coefficient (Wildman–Crippen LogP) is 4.95. The Balaban J connectivity index is 1.75. The van der Waals surface area contributed by atoms with E-state index in [1.807, 2.05) is 56.3 Å². The quantitative estimate of drug-likeness (QED) is 0.655. The van der Waals surface area contributed by atoms with Gasteiger partial charge in [-0.25, -0.2) is 0 Å². The fraction of sp³-hybridized carbons (Fsp3) is 0.333. The molecule has 5 heteroatoms. The van der Waals surface area contributed by atoms with Crippen molar-refractivity contribution in [2.75, 3.05) is 16.8 Å². The largest absolute Gasteiger partial charge is 0.509 e. The summed E-state index contributed by atoms with van der Waals surface area (Å²) in [5.41, 5.74) is 3.32. The van der Waals surface area contributed by atoms with E-state index in [2.05, 4.69) is 12.2 Å². The molecule has 3 rings (SSSR count). The van der Waals surface area contributed by atoms with Gasteiger partial charge in [-0.3, -0.25) is 9.59 Å². The van der Waals surface area contributed by atoms with Crippen molar-refractivity contribution < 1.29 is 14.7 Å². The van der Waals surface area contributed by atoms with Crippen LogP contribution in [0.25, 0.3) is 0 Å². The number of hydrogen-bond donors (Lipinski definition) is 2. The van der Waals surface area contributed by atoms with Gasteiger partial charge in [0.15, 0.2) is 0 Å². The lowest BCUT2D eigenvalue weighted by Crippen LogP contribution is -2.30. The minimum atomic E-state index is -0.581. The molecule has 0 spiro atoms. The molecule has 1 aliphatic rings. The fourth-order valence-electron chi connectivity index (χ4n) is 3.52. The van der Waals surface area contributed by atoms with E-state index in [-0.39, 0.29) is 23.8 Å². The van der Waals surface area contributed by atoms with E-state index >= 15 is 0 Å². The number of hydrogen-bond acceptors (Lipinski definition) is 3. The molecule has 0 aromatic heterocycles. The van der Waals surface area contributed by atoms with Crippen LogP contribution in [0.2, 0.25) is 0 Å². The number of nitrogens with zero attached hydrogens (tertiary/aromatic N) is 1. The van der Waals surface area contributed by atoms with Gasteiger partial charge in [0.2, 0.25) is 0 Å². The Bertz CT molecular complexity index is 929. The molecule has 0 radical (unpaired) electrons. The van der Waals surface area contributed by atoms with E-state index in [9.17, 15) is 14.7 Å². The van der Waals surface area contributed by atoms with Crippen molar-refractivity contribution >= 4 is 23.2 Å². The molecule has 152 valence electrons. The summed E-state index contributed by atoms with van der Waals surface area (Å²) in [6.07, 6.45) is 3.24. The molecule has 1 aliphatic heterocycles. The topological polar surface area (TPSA) is 69.6 Å². The molecule has 2 aromatic rings. The molecular formula is C24H28N2O3. The zero-order valence-electron chi connectivity index (χ0n) is 17.2. The highest BCUT2D eigenvalue weighted by Crippen LogP contribution is 2.28. The number of aliphatic hydroxyl groups excluding tert-OH is 1. The molecule has 0 saturated heterocycles. The normalized spacial score (nSPS) is 14.1. The van der Waals surface area contributed by atoms with Crippen molar-refractivity contribution in [1.29, 1.82) is 0 Å². The molecule has 2 N–H and O–H groups in total. The Hall–Kier alpha value is -3.08. The summed E-state index contributed by atoms with van der Waals surface area (Å²) in [4.78, 5) is 27.1. The molecule has 0 atom stereocenters. The van der Waals surface area contributed by atoms with Crippen LogP contribution in [0.1, 0.15) is 50.7 Å². The smallest absolute Gasteiger partial charge is 0.267 e. The first-order valence-electron chi connectivity index (χ1n) is 10.2. The molecule has 0 bridgehead atoms. The maximum absolute atomic E-state index is 12.9. The summed E-state index contributed by atoms with van der Waals surface area (Å²) in [5, 5.41) is 13.1. The lowest BCUT2D eigenvalue weighted by Gasteiger charge is -2.17. The number of carbonyl (C=O) groups excluding carboxylic acids is 2. The van der Waals surface area contributed by atoms with Crippen LogP contribution in [0, 0.1) is 0 Å². The number of aryl methyl sites for hydroxylation is 1. The van der Waals surface area contributed by atoms with Crippen LogP contribution in [-0.2, 0) is 16.0 Å². The van der Waals surface area contributed by atoms with Crippen LogP contribution >= 0.6 is 0 Å². The van der Waals surface area contributed by atoms with Crippen molar-refractivity contribution in [3.63, 3.8) is 0 Å². The minimum Gasteiger partial charge on any atom is -0.509 e. The number of nitrogens with one attached hydrogen (secondary N) is 1. The van der Waals surface area contributed by atoms with Gasteiger partial charge >= 0.3 is 0 Å². The Morgan fingerprint density at radius 2 is 1.83 bits per heavy atom. The maximum Gasteiger partial charge on any atom is 0.267 e. The zero-order chi connectivity index (χ0) is 21.0. The third kappa shape index (κ3) is 4.50. The van der Waals surface area contributed by atoms with Crippen molar-refractivity contribution in [3.8, 4) is 0 Å². The second-order valence-electron chi connectivity index (χ2n) is 7.68. The van der Waals surface area contributed by atoms with E-state index in [0.29, 0.717) is 11.4 Å². The fourth-order valence-corrected chi connectivity index (χ4v) is 3.52. The summed E-state index contributed by atoms with van der Waals surface area (Å²) in [7, 11) is 0. The monoisotopic (exact) mass is 392 g/mol. The van der Waals surface area contributed by atoms with E-state index in [4.69, 9.17) is 0 Å². The van der Waals surface area contributed by atoms with Gasteiger partial charge in [-0.2, -0.15) is 0 Å². The average molecular weight is 392 g/mol. The molecule has 0 fully saturated rings. The third-order valence-corrected chi connectivity index (χ3v) is 5.18. The number of anilines is 2. The van der Waals surface area contributed by atoms with E-state index in [1.165, 1.54) is 10.5 Å². The van der Waals surface area contributed by atoms with Crippen LogP contribution in [-0.4, -0.2) is 23.5 Å². The van der Waals surface area contributed by atoms with Crippen molar-refractivity contribution in [1.82, 2.24) is 0 Å². The highest BCUT2D eigenvalue weighted by atomic mass is 16.3. The second-order valence-corrected chi connectivity index (χ2v) is 7.68. The summed E-state index contributed by atoms with van der Waals surface area (Å²) in [5.74, 6) is -1.05. The standard InChI is InChI=1S/C24H28N2O3/c1-4-5-8-17-11-13-18(14-12-17)26-15-21(27)22(24(26)29)23(28)25-20-10-7-6-9-19(20)16(2)3/h6-7,9-14,16,27H,4-5,8,15H2,1-3H3,(H,25,28). The van der Waals surface area contributed by atoms with Gasteiger partial charge in [0, 0.05) is 11.4 Å². The maximum atomic E-state index is 12.9. The first kappa shape index (κ1) is 20.6. The molecule has 2 aromatic carbocycles. The van der Waals surface area contributed by atoms with Gasteiger partial charge in [-0.15, -0.1) is 0 Å². The number of rotatable bonds is 7. The number of aliphatic hydroxyl groups is 1. The van der Waals surface area contributed by atoms with E-state index in [0.717, 1.165) is 24.8 Å². The van der Waals surface area contributed by atoms with Crippen LogP contribution < -0.4 is 10.2 Å². The molecule has 5 nitrogen and oxygen atoms in total. The predicted molar refractivity (Wildman–Crippen MR) is 116 cm³/mol. The Morgan fingerprint density at radius 3 is 2.48 bits per heavy atom. The highest BCUT2D eigenvalue weighted by Gasteiger charge is 2.36. The molecule has 0 aliphatic carbocycles. The average Bonchev–Trinajstić information content (AvgIpc) is 3.01. The first-order chi connectivity index (χ1) is 13.9. The van der Waals surface area contributed by atoms with Crippen LogP contribution in [0.3, 0.4) is 0 Å². The first-order valence-corrected chi connectivity index (χ1v) is 10.2. The van der Waals surface area contributed by atoms with Crippen LogP contribution in [0.15, 0.2) is 59.9 Å². The summed E-state index contributed by atoms with van der Waals surface area (Å²) in [6, 6.07) is 15.2. The van der Waals surface area contributed by atoms with Crippen molar-refractivity contribution in [2.24, 2.45) is 0 Å². The second kappa shape index (κ2) is 8.95. The number of amides is 2. The van der Waals surface area contributed by atoms with Crippen molar-refractivity contribution in [2.45, 2.75) is 46.0 Å².